The highest BCUT2D eigenvalue weighted by atomic mass is 79.9. The molecule has 9 heteroatoms. The molecule has 0 saturated heterocycles. The van der Waals surface area contributed by atoms with Crippen molar-refractivity contribution >= 4 is 63.1 Å². The molecule has 2 aromatic rings. The molecule has 0 spiro atoms. The third-order valence-corrected chi connectivity index (χ3v) is 5.55. The summed E-state index contributed by atoms with van der Waals surface area (Å²) in [4.78, 5) is 11.3. The number of thiocarbonyl (C=S) groups is 1. The fourth-order valence-electron chi connectivity index (χ4n) is 2.88. The number of anilines is 2. The van der Waals surface area contributed by atoms with Gasteiger partial charge in [0, 0.05) is 23.4 Å². The van der Waals surface area contributed by atoms with E-state index in [1.54, 1.807) is 6.07 Å². The summed E-state index contributed by atoms with van der Waals surface area (Å²) in [7, 11) is 0. The van der Waals surface area contributed by atoms with Crippen LogP contribution in [0.15, 0.2) is 57.4 Å². The van der Waals surface area contributed by atoms with E-state index in [-0.39, 0.29) is 0 Å². The average Bonchev–Trinajstić information content (AvgIpc) is 2.77. The molecule has 0 aromatic heterocycles. The number of hydrogen-bond donors (Lipinski definition) is 3. The average molecular weight is 524 g/mol. The third kappa shape index (κ3) is 10.2. The molecule has 2 rings (SSSR count). The molecule has 3 N–H and O–H groups in total. The Hall–Kier alpha value is -2.10. The van der Waals surface area contributed by atoms with Crippen LogP contribution in [0.1, 0.15) is 38.5 Å². The largest absolute Gasteiger partial charge is 0.491 e. The van der Waals surface area contributed by atoms with Gasteiger partial charge in [0.05, 0.1) is 18.0 Å². The lowest BCUT2D eigenvalue weighted by Crippen LogP contribution is -2.29. The van der Waals surface area contributed by atoms with Gasteiger partial charge in [-0.05, 0) is 65.3 Å². The number of ether oxygens (including phenoxy) is 1. The minimum atomic E-state index is -0.565. The number of nitrogens with zero attached hydrogens (tertiary/aromatic N) is 1. The SMILES string of the molecule is O=C(N=S)Nc1ccccc1OCCCCCCCCNC(=S)Nc1ccccc1Br. The molecular formula is C22H27BrN4O2S2. The summed E-state index contributed by atoms with van der Waals surface area (Å²) in [6, 6.07) is 14.6. The van der Waals surface area contributed by atoms with Crippen LogP contribution in [0.25, 0.3) is 0 Å². The molecule has 31 heavy (non-hydrogen) atoms. The molecule has 0 bridgehead atoms. The highest BCUT2D eigenvalue weighted by Crippen LogP contribution is 2.24. The van der Waals surface area contributed by atoms with E-state index in [0.29, 0.717) is 23.2 Å². The maximum atomic E-state index is 11.3. The van der Waals surface area contributed by atoms with E-state index in [1.165, 1.54) is 6.42 Å². The minimum Gasteiger partial charge on any atom is -0.491 e. The zero-order chi connectivity index (χ0) is 22.3. The van der Waals surface area contributed by atoms with E-state index in [1.807, 2.05) is 42.5 Å². The zero-order valence-electron chi connectivity index (χ0n) is 17.2. The molecule has 0 unspecified atom stereocenters. The number of amides is 2. The standard InChI is InChI=1S/C22H27BrN4O2S2/c23-17-11-5-6-12-18(17)26-22(30)24-15-9-3-1-2-4-10-16-29-20-14-8-7-13-19(20)25-21(28)27-31/h5-8,11-14H,1-4,9-10,15-16H2,(H,25,28)(H2,24,26,30). The van der Waals surface area contributed by atoms with Crippen molar-refractivity contribution in [3.8, 4) is 5.75 Å². The number of benzene rings is 2. The van der Waals surface area contributed by atoms with Gasteiger partial charge >= 0.3 is 6.03 Å². The number of nitrogens with one attached hydrogen (secondary N) is 3. The normalized spacial score (nSPS) is 10.2. The zero-order valence-corrected chi connectivity index (χ0v) is 20.5. The van der Waals surface area contributed by atoms with Gasteiger partial charge in [0.2, 0.25) is 0 Å². The van der Waals surface area contributed by atoms with Crippen molar-refractivity contribution in [1.29, 1.82) is 0 Å². The first kappa shape index (κ1) is 25.2. The Morgan fingerprint density at radius 3 is 2.29 bits per heavy atom. The molecule has 0 atom stereocenters. The molecule has 0 aliphatic carbocycles. The predicted octanol–water partition coefficient (Wildman–Crippen LogP) is 6.42. The summed E-state index contributed by atoms with van der Waals surface area (Å²) in [5, 5.41) is 9.69. The Kier molecular flexibility index (Phi) is 12.0. The van der Waals surface area contributed by atoms with Crippen molar-refractivity contribution < 1.29 is 9.53 Å². The van der Waals surface area contributed by atoms with Gasteiger partial charge in [0.15, 0.2) is 5.11 Å². The summed E-state index contributed by atoms with van der Waals surface area (Å²) in [5.41, 5.74) is 1.54. The van der Waals surface area contributed by atoms with E-state index in [2.05, 4.69) is 48.7 Å². The quantitative estimate of drug-likeness (QED) is 0.220. The second-order valence-electron chi connectivity index (χ2n) is 6.85. The first-order valence-electron chi connectivity index (χ1n) is 10.3. The molecule has 0 saturated carbocycles. The van der Waals surface area contributed by atoms with Crippen molar-refractivity contribution in [3.63, 3.8) is 0 Å². The van der Waals surface area contributed by atoms with Crippen LogP contribution in [-0.2, 0) is 12.4 Å². The third-order valence-electron chi connectivity index (χ3n) is 4.45. The van der Waals surface area contributed by atoms with Crippen LogP contribution in [0.4, 0.5) is 16.2 Å². The van der Waals surface area contributed by atoms with Gasteiger partial charge in [0.25, 0.3) is 0 Å². The van der Waals surface area contributed by atoms with Gasteiger partial charge in [-0.2, -0.15) is 0 Å². The Balaban J connectivity index is 1.49. The monoisotopic (exact) mass is 522 g/mol. The van der Waals surface area contributed by atoms with Crippen LogP contribution >= 0.6 is 28.1 Å². The van der Waals surface area contributed by atoms with Crippen LogP contribution < -0.4 is 20.7 Å². The molecule has 6 nitrogen and oxygen atoms in total. The van der Waals surface area contributed by atoms with Crippen LogP contribution in [0, 0.1) is 0 Å². The van der Waals surface area contributed by atoms with E-state index in [4.69, 9.17) is 17.0 Å². The van der Waals surface area contributed by atoms with E-state index < -0.39 is 6.03 Å². The number of carbonyl (C=O) groups excluding carboxylic acids is 1. The van der Waals surface area contributed by atoms with Gasteiger partial charge in [0.1, 0.15) is 5.75 Å². The maximum absolute atomic E-state index is 11.3. The van der Waals surface area contributed by atoms with Crippen LogP contribution in [-0.4, -0.2) is 24.3 Å². The Morgan fingerprint density at radius 2 is 1.55 bits per heavy atom. The fraction of sp³-hybridized carbons (Fsp3) is 0.364. The van der Waals surface area contributed by atoms with Crippen molar-refractivity contribution in [2.45, 2.75) is 38.5 Å². The molecule has 0 fully saturated rings. The second-order valence-corrected chi connectivity index (χ2v) is 8.29. The molecule has 0 heterocycles. The lowest BCUT2D eigenvalue weighted by molar-refractivity contribution is 0.259. The Morgan fingerprint density at radius 1 is 0.903 bits per heavy atom. The molecule has 2 aromatic carbocycles. The Bertz CT molecular complexity index is 867. The molecule has 0 aliphatic heterocycles. The van der Waals surface area contributed by atoms with Gasteiger partial charge in [-0.1, -0.05) is 49.9 Å². The number of rotatable bonds is 12. The van der Waals surface area contributed by atoms with Crippen molar-refractivity contribution in [3.05, 3.63) is 53.0 Å². The predicted molar refractivity (Wildman–Crippen MR) is 137 cm³/mol. The van der Waals surface area contributed by atoms with Crippen molar-refractivity contribution in [1.82, 2.24) is 5.32 Å². The van der Waals surface area contributed by atoms with Gasteiger partial charge in [-0.25, -0.2) is 4.79 Å². The summed E-state index contributed by atoms with van der Waals surface area (Å²) >= 11 is 13.2. The van der Waals surface area contributed by atoms with E-state index in [0.717, 1.165) is 48.8 Å². The van der Waals surface area contributed by atoms with Crippen LogP contribution in [0.3, 0.4) is 0 Å². The highest BCUT2D eigenvalue weighted by molar-refractivity contribution is 9.10. The lowest BCUT2D eigenvalue weighted by Gasteiger charge is -2.12. The topological polar surface area (TPSA) is 74.8 Å². The van der Waals surface area contributed by atoms with Crippen LogP contribution in [0.5, 0.6) is 5.75 Å². The summed E-state index contributed by atoms with van der Waals surface area (Å²) in [6.07, 6.45) is 6.65. The number of unbranched alkanes of at least 4 members (excludes halogenated alkanes) is 5. The molecule has 0 radical (unpaired) electrons. The molecule has 166 valence electrons. The molecular weight excluding hydrogens is 496 g/mol. The first-order valence-corrected chi connectivity index (χ1v) is 11.8. The Labute approximate surface area is 202 Å². The molecule has 2 amide bonds. The smallest absolute Gasteiger partial charge is 0.356 e. The molecule has 0 aliphatic rings. The van der Waals surface area contributed by atoms with Gasteiger partial charge < -0.3 is 20.7 Å². The fourth-order valence-corrected chi connectivity index (χ4v) is 3.52. The number of halogens is 1. The first-order chi connectivity index (χ1) is 15.1. The summed E-state index contributed by atoms with van der Waals surface area (Å²) in [5.74, 6) is 0.632. The maximum Gasteiger partial charge on any atom is 0.356 e. The minimum absolute atomic E-state index is 0.565. The van der Waals surface area contributed by atoms with E-state index in [9.17, 15) is 4.79 Å². The number of hydrogen-bond acceptors (Lipinski definition) is 4. The second kappa shape index (κ2) is 14.8. The van der Waals surface area contributed by atoms with Crippen LogP contribution in [0.2, 0.25) is 0 Å². The summed E-state index contributed by atoms with van der Waals surface area (Å²) < 4.78 is 9.94. The highest BCUT2D eigenvalue weighted by Gasteiger charge is 2.06. The van der Waals surface area contributed by atoms with Gasteiger partial charge in [-0.3, -0.25) is 0 Å². The van der Waals surface area contributed by atoms with E-state index >= 15 is 0 Å². The number of urea groups is 1. The number of carbonyl (C=O) groups is 1. The summed E-state index contributed by atoms with van der Waals surface area (Å²) in [6.45, 7) is 1.47. The van der Waals surface area contributed by atoms with Crippen molar-refractivity contribution in [2.24, 2.45) is 4.36 Å². The number of para-hydroxylation sites is 3. The lowest BCUT2D eigenvalue weighted by atomic mass is 10.1. The van der Waals surface area contributed by atoms with Gasteiger partial charge in [-0.15, -0.1) is 4.36 Å². The van der Waals surface area contributed by atoms with Crippen molar-refractivity contribution in [2.75, 3.05) is 23.8 Å².